The summed E-state index contributed by atoms with van der Waals surface area (Å²) in [7, 11) is -1.28. The van der Waals surface area contributed by atoms with E-state index in [2.05, 4.69) is 20.3 Å². The zero-order valence-corrected chi connectivity index (χ0v) is 14.8. The summed E-state index contributed by atoms with van der Waals surface area (Å²) in [4.78, 5) is 0. The first-order valence-corrected chi connectivity index (χ1v) is 9.01. The Bertz CT molecular complexity index is 625. The largest absolute Gasteiger partial charge is 0.234 e. The molecule has 0 aliphatic carbocycles. The Hall–Kier alpha value is -0.780. The van der Waals surface area contributed by atoms with Crippen LogP contribution in [0.1, 0.15) is 31.9 Å². The van der Waals surface area contributed by atoms with Crippen molar-refractivity contribution in [2.24, 2.45) is 4.40 Å². The number of hydrogen-bond donors (Lipinski definition) is 0. The highest BCUT2D eigenvalue weighted by Crippen LogP contribution is 2.20. The molecule has 1 unspecified atom stereocenters. The van der Waals surface area contributed by atoms with E-state index < -0.39 is 11.0 Å². The molecule has 2 rings (SSSR count). The van der Waals surface area contributed by atoms with Crippen molar-refractivity contribution in [3.05, 3.63) is 56.7 Å². The molecule has 2 nitrogen and oxygen atoms in total. The number of nitrogens with zero attached hydrogens (tertiary/aromatic N) is 1. The molecule has 0 saturated carbocycles. The second-order valence-electron chi connectivity index (χ2n) is 5.32. The summed E-state index contributed by atoms with van der Waals surface area (Å²) in [5.41, 5.74) is 2.77. The van der Waals surface area contributed by atoms with Crippen LogP contribution >= 0.6 is 27.3 Å². The molecule has 0 aliphatic heterocycles. The van der Waals surface area contributed by atoms with Gasteiger partial charge in [-0.1, -0.05) is 28.1 Å². The van der Waals surface area contributed by atoms with Crippen LogP contribution in [0, 0.1) is 0 Å². The van der Waals surface area contributed by atoms with E-state index >= 15 is 0 Å². The van der Waals surface area contributed by atoms with Crippen LogP contribution < -0.4 is 0 Å². The van der Waals surface area contributed by atoms with E-state index in [1.807, 2.05) is 61.9 Å². The molecule has 1 aromatic carbocycles. The number of benzene rings is 1. The minimum atomic E-state index is -1.28. The molecule has 1 heterocycles. The first kappa shape index (κ1) is 15.6. The quantitative estimate of drug-likeness (QED) is 0.713. The standard InChI is InChI=1S/C15H16BrNOS2/c1-15(2,3)20(18)17-14(12-8-9-19-10-12)11-4-6-13(16)7-5-11/h4-10H,1-3H3/b17-14-. The van der Waals surface area contributed by atoms with Gasteiger partial charge in [0.2, 0.25) is 0 Å². The van der Waals surface area contributed by atoms with Crippen LogP contribution in [0.3, 0.4) is 0 Å². The van der Waals surface area contributed by atoms with E-state index in [0.717, 1.165) is 21.3 Å². The molecule has 0 spiro atoms. The molecule has 1 atom stereocenters. The summed E-state index contributed by atoms with van der Waals surface area (Å²) in [6.07, 6.45) is 0. The molecule has 0 aliphatic rings. The average Bonchev–Trinajstić information content (AvgIpc) is 2.89. The van der Waals surface area contributed by atoms with Crippen molar-refractivity contribution in [3.63, 3.8) is 0 Å². The van der Waals surface area contributed by atoms with Crippen LogP contribution in [-0.2, 0) is 11.0 Å². The monoisotopic (exact) mass is 369 g/mol. The minimum Gasteiger partial charge on any atom is -0.234 e. The fourth-order valence-corrected chi connectivity index (χ4v) is 3.05. The van der Waals surface area contributed by atoms with E-state index in [-0.39, 0.29) is 4.75 Å². The molecule has 0 amide bonds. The zero-order chi connectivity index (χ0) is 14.8. The summed E-state index contributed by atoms with van der Waals surface area (Å²) in [5, 5.41) is 4.03. The van der Waals surface area contributed by atoms with Gasteiger partial charge in [0, 0.05) is 21.0 Å². The van der Waals surface area contributed by atoms with E-state index in [1.165, 1.54) is 0 Å². The van der Waals surface area contributed by atoms with Gasteiger partial charge >= 0.3 is 0 Å². The predicted molar refractivity (Wildman–Crippen MR) is 92.0 cm³/mol. The van der Waals surface area contributed by atoms with Crippen LogP contribution in [0.15, 0.2) is 50.0 Å². The summed E-state index contributed by atoms with van der Waals surface area (Å²) >= 11 is 5.04. The minimum absolute atomic E-state index is 0.364. The van der Waals surface area contributed by atoms with Gasteiger partial charge in [0.15, 0.2) is 0 Å². The molecule has 0 saturated heterocycles. The van der Waals surface area contributed by atoms with Gasteiger partial charge in [-0.2, -0.15) is 15.7 Å². The fourth-order valence-electron chi connectivity index (χ4n) is 1.50. The highest BCUT2D eigenvalue weighted by molar-refractivity contribution is 9.10. The third kappa shape index (κ3) is 3.87. The summed E-state index contributed by atoms with van der Waals surface area (Å²) in [6.45, 7) is 5.79. The van der Waals surface area contributed by atoms with E-state index in [4.69, 9.17) is 0 Å². The van der Waals surface area contributed by atoms with Gasteiger partial charge in [-0.3, -0.25) is 0 Å². The molecule has 2 aromatic rings. The Morgan fingerprint density at radius 3 is 2.30 bits per heavy atom. The second-order valence-corrected chi connectivity index (χ2v) is 8.92. The molecule has 1 aromatic heterocycles. The van der Waals surface area contributed by atoms with Crippen molar-refractivity contribution in [1.29, 1.82) is 0 Å². The first-order valence-electron chi connectivity index (χ1n) is 6.17. The molecule has 106 valence electrons. The van der Waals surface area contributed by atoms with Crippen LogP contribution in [0.25, 0.3) is 0 Å². The Balaban J connectivity index is 2.49. The van der Waals surface area contributed by atoms with Crippen molar-refractivity contribution >= 4 is 44.0 Å². The Morgan fingerprint density at radius 1 is 1.15 bits per heavy atom. The van der Waals surface area contributed by atoms with Gasteiger partial charge in [0.05, 0.1) is 10.5 Å². The summed E-state index contributed by atoms with van der Waals surface area (Å²) in [6, 6.07) is 9.92. The van der Waals surface area contributed by atoms with E-state index in [1.54, 1.807) is 11.3 Å². The lowest BCUT2D eigenvalue weighted by atomic mass is 10.1. The van der Waals surface area contributed by atoms with Gasteiger partial charge < -0.3 is 0 Å². The smallest absolute Gasteiger partial charge is 0.145 e. The van der Waals surface area contributed by atoms with Gasteiger partial charge in [0.25, 0.3) is 0 Å². The molecular formula is C15H16BrNOS2. The maximum absolute atomic E-state index is 12.3. The Morgan fingerprint density at radius 2 is 1.80 bits per heavy atom. The van der Waals surface area contributed by atoms with Crippen molar-refractivity contribution < 1.29 is 4.21 Å². The highest BCUT2D eigenvalue weighted by atomic mass is 79.9. The van der Waals surface area contributed by atoms with Crippen molar-refractivity contribution in [1.82, 2.24) is 0 Å². The van der Waals surface area contributed by atoms with Gasteiger partial charge in [-0.15, -0.1) is 0 Å². The lowest BCUT2D eigenvalue weighted by Gasteiger charge is -2.15. The lowest BCUT2D eigenvalue weighted by Crippen LogP contribution is -2.21. The van der Waals surface area contributed by atoms with Crippen LogP contribution in [0.5, 0.6) is 0 Å². The summed E-state index contributed by atoms with van der Waals surface area (Å²) < 4.78 is 17.5. The van der Waals surface area contributed by atoms with Crippen molar-refractivity contribution in [2.45, 2.75) is 25.5 Å². The fraction of sp³-hybridized carbons (Fsp3) is 0.267. The zero-order valence-electron chi connectivity index (χ0n) is 11.6. The second kappa shape index (κ2) is 6.33. The number of rotatable bonds is 3. The molecule has 0 radical (unpaired) electrons. The van der Waals surface area contributed by atoms with E-state index in [9.17, 15) is 4.21 Å². The van der Waals surface area contributed by atoms with Crippen molar-refractivity contribution in [2.75, 3.05) is 0 Å². The first-order chi connectivity index (χ1) is 9.38. The maximum atomic E-state index is 12.3. The van der Waals surface area contributed by atoms with Gasteiger partial charge in [-0.25, -0.2) is 4.21 Å². The third-order valence-corrected chi connectivity index (χ3v) is 5.22. The van der Waals surface area contributed by atoms with Gasteiger partial charge in [0.1, 0.15) is 11.0 Å². The number of hydrogen-bond acceptors (Lipinski definition) is 2. The molecule has 20 heavy (non-hydrogen) atoms. The highest BCUT2D eigenvalue weighted by Gasteiger charge is 2.20. The van der Waals surface area contributed by atoms with Crippen LogP contribution in [0.2, 0.25) is 0 Å². The normalized spacial score (nSPS) is 14.3. The SMILES string of the molecule is CC(C)(C)S(=O)/N=C(/c1ccc(Br)cc1)c1ccsc1. The topological polar surface area (TPSA) is 29.4 Å². The van der Waals surface area contributed by atoms with Crippen LogP contribution in [-0.4, -0.2) is 14.7 Å². The predicted octanol–water partition coefficient (Wildman–Crippen LogP) is 4.81. The van der Waals surface area contributed by atoms with Crippen molar-refractivity contribution in [3.8, 4) is 0 Å². The summed E-state index contributed by atoms with van der Waals surface area (Å²) in [5.74, 6) is 0. The Kier molecular flexibility index (Phi) is 4.94. The molecule has 0 fully saturated rings. The number of thiophene rings is 1. The third-order valence-electron chi connectivity index (χ3n) is 2.61. The van der Waals surface area contributed by atoms with Gasteiger partial charge in [-0.05, 0) is 44.4 Å². The van der Waals surface area contributed by atoms with E-state index in [0.29, 0.717) is 0 Å². The number of halogens is 1. The molecule has 5 heteroatoms. The average molecular weight is 370 g/mol. The van der Waals surface area contributed by atoms with Crippen LogP contribution in [0.4, 0.5) is 0 Å². The lowest BCUT2D eigenvalue weighted by molar-refractivity contribution is 0.650. The maximum Gasteiger partial charge on any atom is 0.145 e. The molecule has 0 bridgehead atoms. The molecular weight excluding hydrogens is 354 g/mol. The molecule has 0 N–H and O–H groups in total. The Labute approximate surface area is 134 Å².